The van der Waals surface area contributed by atoms with Crippen LogP contribution in [0.15, 0.2) is 48.7 Å². The van der Waals surface area contributed by atoms with E-state index in [1.165, 1.54) is 0 Å². The third-order valence-corrected chi connectivity index (χ3v) is 4.18. The van der Waals surface area contributed by atoms with Crippen LogP contribution in [-0.4, -0.2) is 29.3 Å². The molecule has 23 heavy (non-hydrogen) atoms. The van der Waals surface area contributed by atoms with Gasteiger partial charge in [0.15, 0.2) is 0 Å². The maximum absolute atomic E-state index is 9.57. The molecule has 1 aliphatic rings. The van der Waals surface area contributed by atoms with Gasteiger partial charge < -0.3 is 15.2 Å². The quantitative estimate of drug-likeness (QED) is 0.857. The number of nitrogens with zero attached hydrogens (tertiary/aromatic N) is 2. The van der Waals surface area contributed by atoms with Crippen molar-refractivity contribution in [1.82, 2.24) is 4.98 Å². The largest absolute Gasteiger partial charge is 0.475 e. The van der Waals surface area contributed by atoms with Gasteiger partial charge in [0.2, 0.25) is 5.88 Å². The van der Waals surface area contributed by atoms with E-state index in [1.54, 1.807) is 12.3 Å². The monoisotopic (exact) mass is 309 g/mol. The second kappa shape index (κ2) is 6.67. The van der Waals surface area contributed by atoms with Crippen molar-refractivity contribution in [3.05, 3.63) is 54.2 Å². The predicted octanol–water partition coefficient (Wildman–Crippen LogP) is 2.49. The van der Waals surface area contributed by atoms with Gasteiger partial charge in [0, 0.05) is 12.1 Å². The molecule has 0 saturated heterocycles. The van der Waals surface area contributed by atoms with E-state index >= 15 is 0 Å². The summed E-state index contributed by atoms with van der Waals surface area (Å²) in [7, 11) is 0. The highest BCUT2D eigenvalue weighted by Gasteiger charge is 2.46. The molecule has 118 valence electrons. The average molecular weight is 309 g/mol. The van der Waals surface area contributed by atoms with Gasteiger partial charge in [-0.1, -0.05) is 30.3 Å². The molecule has 2 N–H and O–H groups in total. The number of nitriles is 1. The van der Waals surface area contributed by atoms with Gasteiger partial charge in [-0.05, 0) is 24.5 Å². The number of anilines is 1. The van der Waals surface area contributed by atoms with E-state index in [-0.39, 0.29) is 24.7 Å². The molecule has 0 radical (unpaired) electrons. The zero-order chi connectivity index (χ0) is 16.1. The molecule has 0 bridgehead atoms. The molecule has 3 rings (SSSR count). The molecule has 0 spiro atoms. The number of pyridine rings is 1. The number of benzene rings is 1. The van der Waals surface area contributed by atoms with Gasteiger partial charge in [-0.2, -0.15) is 5.26 Å². The Kier molecular flexibility index (Phi) is 4.45. The standard InChI is InChI=1S/C18H19N3O2/c19-13-18(14-4-2-1-3-5-14)10-16(11-18)21-15-6-7-17(20-12-15)23-9-8-22/h1-7,12,16,21-22H,8-11H2. The molecule has 5 heteroatoms. The van der Waals surface area contributed by atoms with Gasteiger partial charge in [-0.15, -0.1) is 0 Å². The lowest BCUT2D eigenvalue weighted by Crippen LogP contribution is -2.47. The smallest absolute Gasteiger partial charge is 0.213 e. The summed E-state index contributed by atoms with van der Waals surface area (Å²) >= 11 is 0. The number of aliphatic hydroxyl groups is 1. The van der Waals surface area contributed by atoms with Crippen molar-refractivity contribution in [1.29, 1.82) is 5.26 Å². The maximum Gasteiger partial charge on any atom is 0.213 e. The van der Waals surface area contributed by atoms with Crippen LogP contribution in [0.4, 0.5) is 5.69 Å². The number of aliphatic hydroxyl groups excluding tert-OH is 1. The van der Waals surface area contributed by atoms with Gasteiger partial charge in [0.25, 0.3) is 0 Å². The van der Waals surface area contributed by atoms with Crippen molar-refractivity contribution in [3.63, 3.8) is 0 Å². The molecule has 1 aliphatic carbocycles. The van der Waals surface area contributed by atoms with E-state index < -0.39 is 0 Å². The Morgan fingerprint density at radius 3 is 2.65 bits per heavy atom. The highest BCUT2D eigenvalue weighted by Crippen LogP contribution is 2.44. The summed E-state index contributed by atoms with van der Waals surface area (Å²) in [5.74, 6) is 0.494. The minimum atomic E-state index is -0.378. The Bertz CT molecular complexity index is 674. The number of ether oxygens (including phenoxy) is 1. The van der Waals surface area contributed by atoms with Crippen molar-refractivity contribution in [2.75, 3.05) is 18.5 Å². The van der Waals surface area contributed by atoms with E-state index in [0.29, 0.717) is 5.88 Å². The third kappa shape index (κ3) is 3.27. The first kappa shape index (κ1) is 15.3. The van der Waals surface area contributed by atoms with Crippen LogP contribution in [0.2, 0.25) is 0 Å². The van der Waals surface area contributed by atoms with Crippen LogP contribution < -0.4 is 10.1 Å². The fourth-order valence-electron chi connectivity index (χ4n) is 2.97. The Morgan fingerprint density at radius 2 is 2.04 bits per heavy atom. The molecule has 0 aliphatic heterocycles. The summed E-state index contributed by atoms with van der Waals surface area (Å²) in [4.78, 5) is 4.18. The first-order valence-electron chi connectivity index (χ1n) is 7.69. The van der Waals surface area contributed by atoms with Crippen LogP contribution in [-0.2, 0) is 5.41 Å². The van der Waals surface area contributed by atoms with Gasteiger partial charge >= 0.3 is 0 Å². The van der Waals surface area contributed by atoms with Gasteiger partial charge in [-0.25, -0.2) is 4.98 Å². The van der Waals surface area contributed by atoms with Crippen LogP contribution in [0.5, 0.6) is 5.88 Å². The first-order valence-corrected chi connectivity index (χ1v) is 7.69. The summed E-state index contributed by atoms with van der Waals surface area (Å²) in [6.07, 6.45) is 3.29. The maximum atomic E-state index is 9.57. The summed E-state index contributed by atoms with van der Waals surface area (Å²) < 4.78 is 5.23. The molecule has 0 unspecified atom stereocenters. The van der Waals surface area contributed by atoms with E-state index in [4.69, 9.17) is 9.84 Å². The van der Waals surface area contributed by atoms with Crippen molar-refractivity contribution in [2.24, 2.45) is 0 Å². The van der Waals surface area contributed by atoms with E-state index in [1.807, 2.05) is 36.4 Å². The van der Waals surface area contributed by atoms with Gasteiger partial charge in [0.05, 0.1) is 30.0 Å². The predicted molar refractivity (Wildman–Crippen MR) is 87.2 cm³/mol. The van der Waals surface area contributed by atoms with Crippen LogP contribution in [0, 0.1) is 11.3 Å². The molecule has 1 fully saturated rings. The zero-order valence-electron chi connectivity index (χ0n) is 12.8. The molecular formula is C18H19N3O2. The second-order valence-corrected chi connectivity index (χ2v) is 5.77. The number of nitrogens with one attached hydrogen (secondary N) is 1. The Labute approximate surface area is 135 Å². The van der Waals surface area contributed by atoms with Crippen molar-refractivity contribution in [2.45, 2.75) is 24.3 Å². The van der Waals surface area contributed by atoms with Gasteiger partial charge in [0.1, 0.15) is 6.61 Å². The normalized spacial score (nSPS) is 22.7. The van der Waals surface area contributed by atoms with Crippen LogP contribution in [0.3, 0.4) is 0 Å². The first-order chi connectivity index (χ1) is 11.3. The van der Waals surface area contributed by atoms with Crippen molar-refractivity contribution < 1.29 is 9.84 Å². The zero-order valence-corrected chi connectivity index (χ0v) is 12.8. The SMILES string of the molecule is N#CC1(c2ccccc2)CC(Nc2ccc(OCCO)nc2)C1. The molecule has 1 heterocycles. The lowest BCUT2D eigenvalue weighted by Gasteiger charge is -2.43. The van der Waals surface area contributed by atoms with Crippen molar-refractivity contribution >= 4 is 5.69 Å². The fourth-order valence-corrected chi connectivity index (χ4v) is 2.97. The summed E-state index contributed by atoms with van der Waals surface area (Å²) in [6, 6.07) is 16.4. The minimum Gasteiger partial charge on any atom is -0.475 e. The summed E-state index contributed by atoms with van der Waals surface area (Å²) in [5, 5.41) is 21.7. The third-order valence-electron chi connectivity index (χ3n) is 4.18. The molecule has 2 aromatic rings. The van der Waals surface area contributed by atoms with Crippen molar-refractivity contribution in [3.8, 4) is 11.9 Å². The average Bonchev–Trinajstić information content (AvgIpc) is 2.58. The molecule has 1 saturated carbocycles. The number of rotatable bonds is 6. The number of hydrogen-bond acceptors (Lipinski definition) is 5. The second-order valence-electron chi connectivity index (χ2n) is 5.77. The Hall–Kier alpha value is -2.58. The highest BCUT2D eigenvalue weighted by atomic mass is 16.5. The fraction of sp³-hybridized carbons (Fsp3) is 0.333. The molecule has 1 aromatic carbocycles. The summed E-state index contributed by atoms with van der Waals surface area (Å²) in [6.45, 7) is 0.212. The summed E-state index contributed by atoms with van der Waals surface area (Å²) in [5.41, 5.74) is 1.62. The Morgan fingerprint density at radius 1 is 1.26 bits per heavy atom. The lowest BCUT2D eigenvalue weighted by atomic mass is 9.62. The van der Waals surface area contributed by atoms with Crippen LogP contribution in [0.25, 0.3) is 0 Å². The minimum absolute atomic E-state index is 0.0283. The van der Waals surface area contributed by atoms with E-state index in [2.05, 4.69) is 16.4 Å². The van der Waals surface area contributed by atoms with Crippen LogP contribution >= 0.6 is 0 Å². The number of aromatic nitrogens is 1. The van der Waals surface area contributed by atoms with E-state index in [0.717, 1.165) is 24.1 Å². The Balaban J connectivity index is 1.58. The topological polar surface area (TPSA) is 78.2 Å². The molecule has 0 amide bonds. The number of hydrogen-bond donors (Lipinski definition) is 2. The molecule has 1 aromatic heterocycles. The van der Waals surface area contributed by atoms with E-state index in [9.17, 15) is 5.26 Å². The molecular weight excluding hydrogens is 290 g/mol. The highest BCUT2D eigenvalue weighted by molar-refractivity contribution is 5.46. The lowest BCUT2D eigenvalue weighted by molar-refractivity contribution is 0.196. The molecule has 0 atom stereocenters. The molecule has 5 nitrogen and oxygen atoms in total. The van der Waals surface area contributed by atoms with Crippen LogP contribution in [0.1, 0.15) is 18.4 Å². The van der Waals surface area contributed by atoms with Gasteiger partial charge in [-0.3, -0.25) is 0 Å².